The number of nitrogens with zero attached hydrogens (tertiary/aromatic N) is 1. The third-order valence-electron chi connectivity index (χ3n) is 2.20. The molecule has 0 saturated heterocycles. The van der Waals surface area contributed by atoms with Gasteiger partial charge in [0.1, 0.15) is 0 Å². The Morgan fingerprint density at radius 3 is 2.67 bits per heavy atom. The number of nitrogens with one attached hydrogen (secondary N) is 1. The van der Waals surface area contributed by atoms with E-state index >= 15 is 0 Å². The van der Waals surface area contributed by atoms with Crippen LogP contribution in [0.25, 0.3) is 0 Å². The minimum absolute atomic E-state index is 0.109. The Balaban J connectivity index is 2.27. The Hall–Kier alpha value is -1.55. The predicted octanol–water partition coefficient (Wildman–Crippen LogP) is 1.22. The van der Waals surface area contributed by atoms with Gasteiger partial charge in [-0.15, -0.1) is 0 Å². The monoisotopic (exact) mass is 223 g/mol. The number of amides is 1. The van der Waals surface area contributed by atoms with Crippen molar-refractivity contribution in [2.45, 2.75) is 12.5 Å². The van der Waals surface area contributed by atoms with Crippen molar-refractivity contribution in [1.29, 1.82) is 0 Å². The van der Waals surface area contributed by atoms with Crippen molar-refractivity contribution in [1.82, 2.24) is 5.32 Å². The quantitative estimate of drug-likeness (QED) is 0.752. The molecule has 4 nitrogen and oxygen atoms in total. The molecule has 1 aliphatic heterocycles. The van der Waals surface area contributed by atoms with Gasteiger partial charge in [-0.05, 0) is 17.7 Å². The SMILES string of the molecule is NC1=N[C@H](c2ccc(Cl)cc2)CC(=O)N1. The number of hydrogen-bond acceptors (Lipinski definition) is 3. The van der Waals surface area contributed by atoms with Crippen molar-refractivity contribution in [3.8, 4) is 0 Å². The molecule has 0 aromatic heterocycles. The minimum Gasteiger partial charge on any atom is -0.370 e. The molecule has 1 aromatic rings. The Kier molecular flexibility index (Phi) is 2.60. The second-order valence-corrected chi connectivity index (χ2v) is 3.77. The van der Waals surface area contributed by atoms with Crippen LogP contribution in [0.5, 0.6) is 0 Å². The molecule has 0 unspecified atom stereocenters. The van der Waals surface area contributed by atoms with Gasteiger partial charge in [0.25, 0.3) is 0 Å². The van der Waals surface area contributed by atoms with Gasteiger partial charge in [0.15, 0.2) is 5.96 Å². The maximum atomic E-state index is 11.2. The molecular weight excluding hydrogens is 214 g/mol. The van der Waals surface area contributed by atoms with Crippen LogP contribution in [0.2, 0.25) is 5.02 Å². The Morgan fingerprint density at radius 2 is 2.07 bits per heavy atom. The number of aliphatic imine (C=N–C) groups is 1. The number of halogens is 1. The van der Waals surface area contributed by atoms with Crippen molar-refractivity contribution in [3.63, 3.8) is 0 Å². The second-order valence-electron chi connectivity index (χ2n) is 3.33. The smallest absolute Gasteiger partial charge is 0.229 e. The molecule has 1 aromatic carbocycles. The van der Waals surface area contributed by atoms with Crippen LogP contribution in [0.3, 0.4) is 0 Å². The number of guanidine groups is 1. The standard InChI is InChI=1S/C10H10ClN3O/c11-7-3-1-6(2-4-7)8-5-9(15)14-10(12)13-8/h1-4,8H,5H2,(H3,12,13,14,15)/t8-/m0/s1. The summed E-state index contributed by atoms with van der Waals surface area (Å²) in [6.45, 7) is 0. The number of rotatable bonds is 1. The van der Waals surface area contributed by atoms with Crippen LogP contribution in [-0.2, 0) is 4.79 Å². The first-order valence-electron chi connectivity index (χ1n) is 4.54. The summed E-state index contributed by atoms with van der Waals surface area (Å²) in [5.74, 6) is 0.0636. The number of hydrogen-bond donors (Lipinski definition) is 2. The van der Waals surface area contributed by atoms with Gasteiger partial charge >= 0.3 is 0 Å². The topological polar surface area (TPSA) is 67.5 Å². The summed E-state index contributed by atoms with van der Waals surface area (Å²) < 4.78 is 0. The van der Waals surface area contributed by atoms with E-state index in [-0.39, 0.29) is 17.9 Å². The van der Waals surface area contributed by atoms with Crippen LogP contribution in [0, 0.1) is 0 Å². The van der Waals surface area contributed by atoms with Crippen LogP contribution in [-0.4, -0.2) is 11.9 Å². The van der Waals surface area contributed by atoms with Crippen LogP contribution < -0.4 is 11.1 Å². The van der Waals surface area contributed by atoms with E-state index in [1.54, 1.807) is 12.1 Å². The number of benzene rings is 1. The maximum Gasteiger partial charge on any atom is 0.229 e. The Morgan fingerprint density at radius 1 is 1.40 bits per heavy atom. The van der Waals surface area contributed by atoms with Gasteiger partial charge < -0.3 is 5.73 Å². The number of nitrogens with two attached hydrogens (primary N) is 1. The lowest BCUT2D eigenvalue weighted by Gasteiger charge is -2.18. The van der Waals surface area contributed by atoms with Crippen LogP contribution in [0.15, 0.2) is 29.3 Å². The molecule has 5 heteroatoms. The number of carbonyl (C=O) groups is 1. The molecule has 0 fully saturated rings. The summed E-state index contributed by atoms with van der Waals surface area (Å²) >= 11 is 5.77. The van der Waals surface area contributed by atoms with E-state index in [2.05, 4.69) is 10.3 Å². The van der Waals surface area contributed by atoms with Gasteiger partial charge in [0, 0.05) is 5.02 Å². The van der Waals surface area contributed by atoms with Crippen LogP contribution in [0.4, 0.5) is 0 Å². The first kappa shape index (κ1) is 9.98. The molecule has 0 radical (unpaired) electrons. The minimum atomic E-state index is -0.198. The molecular formula is C10H10ClN3O. The Bertz CT molecular complexity index is 413. The van der Waals surface area contributed by atoms with E-state index in [9.17, 15) is 4.79 Å². The van der Waals surface area contributed by atoms with Gasteiger partial charge in [-0.3, -0.25) is 10.1 Å². The van der Waals surface area contributed by atoms with Crippen LogP contribution >= 0.6 is 11.6 Å². The van der Waals surface area contributed by atoms with E-state index in [0.29, 0.717) is 11.4 Å². The van der Waals surface area contributed by atoms with Crippen molar-refractivity contribution < 1.29 is 4.79 Å². The lowest BCUT2D eigenvalue weighted by atomic mass is 10.0. The molecule has 0 aliphatic carbocycles. The van der Waals surface area contributed by atoms with Gasteiger partial charge in [0.2, 0.25) is 5.91 Å². The fourth-order valence-corrected chi connectivity index (χ4v) is 1.62. The summed E-state index contributed by atoms with van der Waals surface area (Å²) in [5, 5.41) is 3.12. The van der Waals surface area contributed by atoms with Crippen LogP contribution in [0.1, 0.15) is 18.0 Å². The zero-order valence-electron chi connectivity index (χ0n) is 7.90. The molecule has 3 N–H and O–H groups in total. The van der Waals surface area contributed by atoms with Crippen molar-refractivity contribution in [3.05, 3.63) is 34.9 Å². The maximum absolute atomic E-state index is 11.2. The normalized spacial score (nSPS) is 20.7. The third kappa shape index (κ3) is 2.27. The average molecular weight is 224 g/mol. The first-order valence-corrected chi connectivity index (χ1v) is 4.91. The van der Waals surface area contributed by atoms with Crippen molar-refractivity contribution in [2.24, 2.45) is 10.7 Å². The predicted molar refractivity (Wildman–Crippen MR) is 58.6 cm³/mol. The van der Waals surface area contributed by atoms with E-state index in [1.807, 2.05) is 12.1 Å². The summed E-state index contributed by atoms with van der Waals surface area (Å²) in [4.78, 5) is 15.4. The fraction of sp³-hybridized carbons (Fsp3) is 0.200. The second kappa shape index (κ2) is 3.90. The Labute approximate surface area is 92.1 Å². The largest absolute Gasteiger partial charge is 0.370 e. The highest BCUT2D eigenvalue weighted by atomic mass is 35.5. The number of carbonyl (C=O) groups excluding carboxylic acids is 1. The zero-order chi connectivity index (χ0) is 10.8. The molecule has 1 aliphatic rings. The van der Waals surface area contributed by atoms with Gasteiger partial charge in [-0.25, -0.2) is 4.99 Å². The van der Waals surface area contributed by atoms with Crippen molar-refractivity contribution in [2.75, 3.05) is 0 Å². The highest BCUT2D eigenvalue weighted by molar-refractivity contribution is 6.30. The lowest BCUT2D eigenvalue weighted by Crippen LogP contribution is -2.41. The van der Waals surface area contributed by atoms with E-state index in [0.717, 1.165) is 5.56 Å². The summed E-state index contributed by atoms with van der Waals surface area (Å²) in [6.07, 6.45) is 0.322. The average Bonchev–Trinajstić information content (AvgIpc) is 2.17. The molecule has 0 bridgehead atoms. The highest BCUT2D eigenvalue weighted by Gasteiger charge is 2.20. The molecule has 1 atom stereocenters. The van der Waals surface area contributed by atoms with E-state index in [4.69, 9.17) is 17.3 Å². The molecule has 15 heavy (non-hydrogen) atoms. The van der Waals surface area contributed by atoms with Crippen molar-refractivity contribution >= 4 is 23.5 Å². The molecule has 0 saturated carbocycles. The van der Waals surface area contributed by atoms with Gasteiger partial charge in [-0.1, -0.05) is 23.7 Å². The molecule has 1 amide bonds. The molecule has 1 heterocycles. The van der Waals surface area contributed by atoms with E-state index < -0.39 is 0 Å². The summed E-state index contributed by atoms with van der Waals surface area (Å²) in [7, 11) is 0. The first-order chi connectivity index (χ1) is 7.15. The third-order valence-corrected chi connectivity index (χ3v) is 2.45. The molecule has 78 valence electrons. The van der Waals surface area contributed by atoms with E-state index in [1.165, 1.54) is 0 Å². The van der Waals surface area contributed by atoms with Gasteiger partial charge in [-0.2, -0.15) is 0 Å². The lowest BCUT2D eigenvalue weighted by molar-refractivity contribution is -0.120. The highest BCUT2D eigenvalue weighted by Crippen LogP contribution is 2.24. The summed E-state index contributed by atoms with van der Waals surface area (Å²) in [6, 6.07) is 7.05. The fourth-order valence-electron chi connectivity index (χ4n) is 1.49. The summed E-state index contributed by atoms with van der Waals surface area (Å²) in [5.41, 5.74) is 6.42. The van der Waals surface area contributed by atoms with Gasteiger partial charge in [0.05, 0.1) is 12.5 Å². The molecule has 2 rings (SSSR count). The zero-order valence-corrected chi connectivity index (χ0v) is 8.66. The molecule has 0 spiro atoms.